The molecule has 0 N–H and O–H groups in total. The lowest BCUT2D eigenvalue weighted by molar-refractivity contribution is -0.143. The first-order valence-electron chi connectivity index (χ1n) is 7.40. The second-order valence-electron chi connectivity index (χ2n) is 5.40. The molecule has 0 rings (SSSR count). The van der Waals surface area contributed by atoms with E-state index in [1.165, 1.54) is 0 Å². The van der Waals surface area contributed by atoms with E-state index in [0.29, 0.717) is 6.61 Å². The van der Waals surface area contributed by atoms with Crippen molar-refractivity contribution in [1.82, 2.24) is 0 Å². The van der Waals surface area contributed by atoms with E-state index in [2.05, 4.69) is 0 Å². The fraction of sp³-hybridized carbons (Fsp3) is 0.923. The molecule has 0 aliphatic carbocycles. The number of hydrogen-bond donors (Lipinski definition) is 0. The lowest BCUT2D eigenvalue weighted by Gasteiger charge is -2.31. The Balaban J connectivity index is 5.00. The number of carbonyl (C=O) groups is 1. The van der Waals surface area contributed by atoms with Crippen molar-refractivity contribution in [2.45, 2.75) is 59.1 Å². The van der Waals surface area contributed by atoms with Crippen LogP contribution >= 0.6 is 7.60 Å². The SMILES string of the molecule is CCOC(=O)CCC(O[Si](C)(C)C)P(=O)(OCC)OCC. The number of esters is 1. The summed E-state index contributed by atoms with van der Waals surface area (Å²) in [5.74, 6) is -1.06. The highest BCUT2D eigenvalue weighted by Gasteiger charge is 2.39. The van der Waals surface area contributed by atoms with Crippen molar-refractivity contribution in [2.24, 2.45) is 0 Å². The quantitative estimate of drug-likeness (QED) is 0.324. The molecule has 0 spiro atoms. The molecule has 0 saturated heterocycles. The summed E-state index contributed by atoms with van der Waals surface area (Å²) in [7, 11) is -5.36. The summed E-state index contributed by atoms with van der Waals surface area (Å²) in [5.41, 5.74) is 0. The third kappa shape index (κ3) is 8.73. The summed E-state index contributed by atoms with van der Waals surface area (Å²) in [4.78, 5) is 11.5. The molecule has 1 unspecified atom stereocenters. The van der Waals surface area contributed by atoms with Crippen LogP contribution in [0.1, 0.15) is 33.6 Å². The maximum Gasteiger partial charge on any atom is 0.357 e. The van der Waals surface area contributed by atoms with Gasteiger partial charge in [-0.2, -0.15) is 0 Å². The Morgan fingerprint density at radius 2 is 1.57 bits per heavy atom. The van der Waals surface area contributed by atoms with E-state index in [1.807, 2.05) is 19.6 Å². The Bertz CT molecular complexity index is 345. The van der Waals surface area contributed by atoms with Gasteiger partial charge in [0.05, 0.1) is 19.8 Å². The first kappa shape index (κ1) is 20.8. The molecule has 8 heteroatoms. The van der Waals surface area contributed by atoms with Crippen molar-refractivity contribution in [1.29, 1.82) is 0 Å². The molecule has 0 saturated carbocycles. The van der Waals surface area contributed by atoms with Gasteiger partial charge >= 0.3 is 13.6 Å². The molecule has 0 aliphatic heterocycles. The normalized spacial score (nSPS) is 14.0. The van der Waals surface area contributed by atoms with Crippen LogP contribution in [0.25, 0.3) is 0 Å². The van der Waals surface area contributed by atoms with E-state index in [1.54, 1.807) is 20.8 Å². The van der Waals surface area contributed by atoms with Crippen LogP contribution < -0.4 is 0 Å². The molecule has 0 aliphatic rings. The predicted octanol–water partition coefficient (Wildman–Crippen LogP) is 3.77. The van der Waals surface area contributed by atoms with Gasteiger partial charge in [-0.05, 0) is 46.8 Å². The van der Waals surface area contributed by atoms with Crippen molar-refractivity contribution < 1.29 is 27.6 Å². The average molecular weight is 340 g/mol. The van der Waals surface area contributed by atoms with E-state index >= 15 is 0 Å². The lowest BCUT2D eigenvalue weighted by Crippen LogP contribution is -2.33. The van der Waals surface area contributed by atoms with Gasteiger partial charge in [0.25, 0.3) is 0 Å². The number of rotatable bonds is 11. The van der Waals surface area contributed by atoms with Crippen LogP contribution in [-0.4, -0.2) is 40.0 Å². The predicted molar refractivity (Wildman–Crippen MR) is 84.9 cm³/mol. The molecule has 6 nitrogen and oxygen atoms in total. The first-order chi connectivity index (χ1) is 9.68. The van der Waals surface area contributed by atoms with E-state index in [-0.39, 0.29) is 32.0 Å². The molecule has 0 heterocycles. The molecule has 0 radical (unpaired) electrons. The summed E-state index contributed by atoms with van der Waals surface area (Å²) >= 11 is 0. The van der Waals surface area contributed by atoms with Crippen molar-refractivity contribution in [3.63, 3.8) is 0 Å². The smallest absolute Gasteiger partial charge is 0.357 e. The minimum Gasteiger partial charge on any atom is -0.466 e. The summed E-state index contributed by atoms with van der Waals surface area (Å²) in [6.07, 6.45) is 0.396. The highest BCUT2D eigenvalue weighted by molar-refractivity contribution is 7.54. The minimum atomic E-state index is -3.40. The highest BCUT2D eigenvalue weighted by atomic mass is 31.2. The van der Waals surface area contributed by atoms with Crippen molar-refractivity contribution in [2.75, 3.05) is 19.8 Å². The van der Waals surface area contributed by atoms with Crippen LogP contribution in [0, 0.1) is 0 Å². The summed E-state index contributed by atoms with van der Waals surface area (Å²) < 4.78 is 34.4. The number of ether oxygens (including phenoxy) is 1. The number of hydrogen-bond acceptors (Lipinski definition) is 6. The fourth-order valence-electron chi connectivity index (χ4n) is 1.73. The molecular formula is C13H29O6PSi. The summed E-state index contributed by atoms with van der Waals surface area (Å²) in [5, 5.41) is 0. The monoisotopic (exact) mass is 340 g/mol. The molecule has 21 heavy (non-hydrogen) atoms. The Morgan fingerprint density at radius 1 is 1.05 bits per heavy atom. The zero-order valence-electron chi connectivity index (χ0n) is 14.0. The van der Waals surface area contributed by atoms with Gasteiger partial charge in [-0.3, -0.25) is 9.36 Å². The van der Waals surface area contributed by atoms with Crippen LogP contribution in [0.15, 0.2) is 0 Å². The Labute approximate surface area is 129 Å². The van der Waals surface area contributed by atoms with Crippen LogP contribution in [0.2, 0.25) is 19.6 Å². The Kier molecular flexibility index (Phi) is 9.65. The van der Waals surface area contributed by atoms with Crippen LogP contribution in [-0.2, 0) is 27.6 Å². The molecule has 0 bridgehead atoms. The van der Waals surface area contributed by atoms with Gasteiger partial charge in [0.2, 0.25) is 0 Å². The van der Waals surface area contributed by atoms with Gasteiger partial charge in [0.15, 0.2) is 8.32 Å². The average Bonchev–Trinajstić information content (AvgIpc) is 2.34. The molecule has 126 valence electrons. The fourth-order valence-corrected chi connectivity index (χ4v) is 5.70. The summed E-state index contributed by atoms with van der Waals surface area (Å²) in [6, 6.07) is 0. The molecule has 1 atom stereocenters. The molecule has 0 aromatic carbocycles. The molecule has 0 aromatic heterocycles. The highest BCUT2D eigenvalue weighted by Crippen LogP contribution is 2.55. The molecule has 0 fully saturated rings. The van der Waals surface area contributed by atoms with Crippen molar-refractivity contribution in [3.05, 3.63) is 0 Å². The van der Waals surface area contributed by atoms with Crippen molar-refractivity contribution >= 4 is 21.9 Å². The summed E-state index contributed by atoms with van der Waals surface area (Å²) in [6.45, 7) is 12.1. The molecule has 0 amide bonds. The third-order valence-electron chi connectivity index (χ3n) is 2.36. The van der Waals surface area contributed by atoms with Crippen LogP contribution in [0.5, 0.6) is 0 Å². The van der Waals surface area contributed by atoms with E-state index in [4.69, 9.17) is 18.2 Å². The third-order valence-corrected chi connectivity index (χ3v) is 5.86. The maximum absolute atomic E-state index is 12.9. The second kappa shape index (κ2) is 9.74. The van der Waals surface area contributed by atoms with Crippen molar-refractivity contribution in [3.8, 4) is 0 Å². The van der Waals surface area contributed by atoms with Gasteiger partial charge < -0.3 is 18.2 Å². The van der Waals surface area contributed by atoms with E-state index in [0.717, 1.165) is 0 Å². The van der Waals surface area contributed by atoms with Gasteiger partial charge in [0, 0.05) is 6.42 Å². The number of carbonyl (C=O) groups excluding carboxylic acids is 1. The minimum absolute atomic E-state index is 0.132. The van der Waals surface area contributed by atoms with Crippen LogP contribution in [0.4, 0.5) is 0 Å². The lowest BCUT2D eigenvalue weighted by atomic mass is 10.3. The standard InChI is InChI=1S/C13H29O6PSi/c1-7-16-12(14)10-11-13(19-21(4,5)6)20(15,17-8-2)18-9-3/h13H,7-11H2,1-6H3. The first-order valence-corrected chi connectivity index (χ1v) is 12.4. The Hall–Kier alpha value is -0.203. The molecule has 0 aromatic rings. The van der Waals surface area contributed by atoms with Gasteiger partial charge in [-0.15, -0.1) is 0 Å². The van der Waals surface area contributed by atoms with E-state index in [9.17, 15) is 9.36 Å². The Morgan fingerprint density at radius 3 is 1.95 bits per heavy atom. The molecular weight excluding hydrogens is 311 g/mol. The maximum atomic E-state index is 12.9. The zero-order chi connectivity index (χ0) is 16.5. The van der Waals surface area contributed by atoms with Crippen LogP contribution in [0.3, 0.4) is 0 Å². The second-order valence-corrected chi connectivity index (χ2v) is 12.0. The topological polar surface area (TPSA) is 71.1 Å². The van der Waals surface area contributed by atoms with Gasteiger partial charge in [0.1, 0.15) is 5.85 Å². The van der Waals surface area contributed by atoms with Gasteiger partial charge in [-0.25, -0.2) is 0 Å². The largest absolute Gasteiger partial charge is 0.466 e. The van der Waals surface area contributed by atoms with Gasteiger partial charge in [-0.1, -0.05) is 0 Å². The zero-order valence-corrected chi connectivity index (χ0v) is 15.9. The van der Waals surface area contributed by atoms with E-state index < -0.39 is 21.8 Å².